The van der Waals surface area contributed by atoms with E-state index in [1.54, 1.807) is 19.2 Å². The Morgan fingerprint density at radius 3 is 2.75 bits per heavy atom. The SMILES string of the molecule is COc1ccc(C)cc1CCNC(=O)[C@H]1CCCN1S(=O)(=O)c1ccc(C)s1. The molecule has 0 aliphatic carbocycles. The molecule has 152 valence electrons. The van der Waals surface area contributed by atoms with Gasteiger partial charge in [-0.25, -0.2) is 8.42 Å². The summed E-state index contributed by atoms with van der Waals surface area (Å²) in [6.45, 7) is 4.69. The zero-order valence-electron chi connectivity index (χ0n) is 16.4. The number of ether oxygens (including phenoxy) is 1. The molecule has 0 saturated carbocycles. The van der Waals surface area contributed by atoms with Crippen LogP contribution < -0.4 is 10.1 Å². The lowest BCUT2D eigenvalue weighted by molar-refractivity contribution is -0.124. The van der Waals surface area contributed by atoms with Gasteiger partial charge in [0, 0.05) is 18.0 Å². The minimum absolute atomic E-state index is 0.235. The summed E-state index contributed by atoms with van der Waals surface area (Å²) in [6, 6.07) is 8.70. The van der Waals surface area contributed by atoms with Crippen molar-refractivity contribution in [2.45, 2.75) is 43.4 Å². The van der Waals surface area contributed by atoms with Crippen molar-refractivity contribution in [1.29, 1.82) is 0 Å². The van der Waals surface area contributed by atoms with Crippen LogP contribution in [0.4, 0.5) is 0 Å². The molecule has 0 unspecified atom stereocenters. The molecule has 0 spiro atoms. The lowest BCUT2D eigenvalue weighted by atomic mass is 10.1. The van der Waals surface area contributed by atoms with Crippen molar-refractivity contribution < 1.29 is 17.9 Å². The molecule has 1 aliphatic rings. The number of rotatable bonds is 7. The first-order chi connectivity index (χ1) is 13.3. The number of benzene rings is 1. The summed E-state index contributed by atoms with van der Waals surface area (Å²) in [5.41, 5.74) is 2.15. The van der Waals surface area contributed by atoms with Crippen LogP contribution in [0, 0.1) is 13.8 Å². The molecule has 1 aromatic carbocycles. The maximum Gasteiger partial charge on any atom is 0.253 e. The van der Waals surface area contributed by atoms with Gasteiger partial charge in [-0.15, -0.1) is 11.3 Å². The molecule has 28 heavy (non-hydrogen) atoms. The molecule has 6 nitrogen and oxygen atoms in total. The fourth-order valence-corrected chi connectivity index (χ4v) is 6.57. The first kappa shape index (κ1) is 20.8. The lowest BCUT2D eigenvalue weighted by Gasteiger charge is -2.22. The van der Waals surface area contributed by atoms with E-state index in [2.05, 4.69) is 5.32 Å². The second-order valence-electron chi connectivity index (χ2n) is 7.00. The van der Waals surface area contributed by atoms with Gasteiger partial charge in [0.1, 0.15) is 16.0 Å². The van der Waals surface area contributed by atoms with Crippen LogP contribution in [0.1, 0.15) is 28.8 Å². The number of hydrogen-bond donors (Lipinski definition) is 1. The van der Waals surface area contributed by atoms with Crippen molar-refractivity contribution in [2.24, 2.45) is 0 Å². The van der Waals surface area contributed by atoms with Crippen LogP contribution in [0.3, 0.4) is 0 Å². The highest BCUT2D eigenvalue weighted by Crippen LogP contribution is 2.30. The Morgan fingerprint density at radius 1 is 1.29 bits per heavy atom. The number of thiophene rings is 1. The number of nitrogens with one attached hydrogen (secondary N) is 1. The van der Waals surface area contributed by atoms with Crippen LogP contribution in [-0.4, -0.2) is 44.9 Å². The van der Waals surface area contributed by atoms with Crippen molar-refractivity contribution in [3.05, 3.63) is 46.3 Å². The van der Waals surface area contributed by atoms with Crippen molar-refractivity contribution in [2.75, 3.05) is 20.2 Å². The average molecular weight is 423 g/mol. The molecule has 0 radical (unpaired) electrons. The summed E-state index contributed by atoms with van der Waals surface area (Å²) in [5, 5.41) is 2.91. The summed E-state index contributed by atoms with van der Waals surface area (Å²) in [5.74, 6) is 0.555. The Balaban J connectivity index is 1.65. The van der Waals surface area contributed by atoms with Gasteiger partial charge < -0.3 is 10.1 Å². The van der Waals surface area contributed by atoms with E-state index in [9.17, 15) is 13.2 Å². The predicted molar refractivity (Wildman–Crippen MR) is 110 cm³/mol. The Bertz CT molecular complexity index is 953. The predicted octanol–water partition coefficient (Wildman–Crippen LogP) is 2.89. The molecular weight excluding hydrogens is 396 g/mol. The molecule has 0 bridgehead atoms. The van der Waals surface area contributed by atoms with Crippen molar-refractivity contribution >= 4 is 27.3 Å². The first-order valence-electron chi connectivity index (χ1n) is 9.32. The molecule has 3 rings (SSSR count). The molecule has 1 amide bonds. The largest absolute Gasteiger partial charge is 0.496 e. The van der Waals surface area contributed by atoms with E-state index in [4.69, 9.17) is 4.74 Å². The molecule has 1 aromatic heterocycles. The second-order valence-corrected chi connectivity index (χ2v) is 10.4. The molecule has 2 aromatic rings. The standard InChI is InChI=1S/C20H26N2O4S2/c1-14-6-8-18(26-3)16(13-14)10-11-21-20(23)17-5-4-12-22(17)28(24,25)19-9-7-15(2)27-19/h6-9,13,17H,4-5,10-12H2,1-3H3,(H,21,23)/t17-/m1/s1. The highest BCUT2D eigenvalue weighted by Gasteiger charge is 2.39. The Kier molecular flexibility index (Phi) is 6.42. The summed E-state index contributed by atoms with van der Waals surface area (Å²) < 4.78 is 32.9. The number of carbonyl (C=O) groups is 1. The van der Waals surface area contributed by atoms with Gasteiger partial charge in [0.2, 0.25) is 5.91 Å². The van der Waals surface area contributed by atoms with Crippen molar-refractivity contribution in [3.8, 4) is 5.75 Å². The molecule has 8 heteroatoms. The minimum atomic E-state index is -3.63. The van der Waals surface area contributed by atoms with E-state index in [1.807, 2.05) is 32.0 Å². The summed E-state index contributed by atoms with van der Waals surface area (Å²) >= 11 is 1.24. The Morgan fingerprint density at radius 2 is 2.07 bits per heavy atom. The molecule has 1 atom stereocenters. The highest BCUT2D eigenvalue weighted by atomic mass is 32.2. The zero-order valence-corrected chi connectivity index (χ0v) is 18.0. The van der Waals surface area contributed by atoms with Crippen LogP contribution in [0.2, 0.25) is 0 Å². The van der Waals surface area contributed by atoms with E-state index >= 15 is 0 Å². The molecule has 1 fully saturated rings. The molecule has 2 heterocycles. The number of amides is 1. The number of aryl methyl sites for hydroxylation is 2. The smallest absolute Gasteiger partial charge is 0.253 e. The van der Waals surface area contributed by atoms with Gasteiger partial charge in [0.25, 0.3) is 10.0 Å². The van der Waals surface area contributed by atoms with E-state index in [1.165, 1.54) is 15.6 Å². The fourth-order valence-electron chi connectivity index (χ4n) is 3.50. The molecule has 1 aliphatic heterocycles. The highest BCUT2D eigenvalue weighted by molar-refractivity contribution is 7.91. The van der Waals surface area contributed by atoms with Crippen molar-refractivity contribution in [1.82, 2.24) is 9.62 Å². The Hall–Kier alpha value is -1.90. The summed E-state index contributed by atoms with van der Waals surface area (Å²) in [4.78, 5) is 13.6. The summed E-state index contributed by atoms with van der Waals surface area (Å²) in [6.07, 6.45) is 1.86. The lowest BCUT2D eigenvalue weighted by Crippen LogP contribution is -2.46. The normalized spacial score (nSPS) is 17.6. The quantitative estimate of drug-likeness (QED) is 0.744. The maximum atomic E-state index is 12.9. The third-order valence-electron chi connectivity index (χ3n) is 4.91. The zero-order chi connectivity index (χ0) is 20.3. The topological polar surface area (TPSA) is 75.7 Å². The van der Waals surface area contributed by atoms with Crippen LogP contribution in [0.5, 0.6) is 5.75 Å². The van der Waals surface area contributed by atoms with E-state index in [0.717, 1.165) is 21.8 Å². The Labute approximate surface area is 170 Å². The molecule has 1 saturated heterocycles. The van der Waals surface area contributed by atoms with E-state index in [-0.39, 0.29) is 5.91 Å². The third kappa shape index (κ3) is 4.39. The fraction of sp³-hybridized carbons (Fsp3) is 0.450. The monoisotopic (exact) mass is 422 g/mol. The second kappa shape index (κ2) is 8.63. The van der Waals surface area contributed by atoms with Gasteiger partial charge in [0.15, 0.2) is 0 Å². The van der Waals surface area contributed by atoms with Gasteiger partial charge in [-0.05, 0) is 56.9 Å². The molecule has 1 N–H and O–H groups in total. The number of nitrogens with zero attached hydrogens (tertiary/aromatic N) is 1. The number of sulfonamides is 1. The van der Waals surface area contributed by atoms with Crippen LogP contribution in [-0.2, 0) is 21.2 Å². The van der Waals surface area contributed by atoms with Crippen molar-refractivity contribution in [3.63, 3.8) is 0 Å². The van der Waals surface area contributed by atoms with E-state index in [0.29, 0.717) is 36.6 Å². The van der Waals surface area contributed by atoms with Crippen LogP contribution in [0.15, 0.2) is 34.5 Å². The van der Waals surface area contributed by atoms with Gasteiger partial charge in [-0.3, -0.25) is 4.79 Å². The third-order valence-corrected chi connectivity index (χ3v) is 8.29. The first-order valence-corrected chi connectivity index (χ1v) is 11.6. The maximum absolute atomic E-state index is 12.9. The average Bonchev–Trinajstić information content (AvgIpc) is 3.31. The van der Waals surface area contributed by atoms with Crippen LogP contribution in [0.25, 0.3) is 0 Å². The van der Waals surface area contributed by atoms with Gasteiger partial charge in [-0.1, -0.05) is 17.7 Å². The van der Waals surface area contributed by atoms with Crippen LogP contribution >= 0.6 is 11.3 Å². The molecular formula is C20H26N2O4S2. The number of hydrogen-bond acceptors (Lipinski definition) is 5. The minimum Gasteiger partial charge on any atom is -0.496 e. The van der Waals surface area contributed by atoms with E-state index < -0.39 is 16.1 Å². The van der Waals surface area contributed by atoms with Gasteiger partial charge in [0.05, 0.1) is 7.11 Å². The van der Waals surface area contributed by atoms with Gasteiger partial charge in [-0.2, -0.15) is 4.31 Å². The summed E-state index contributed by atoms with van der Waals surface area (Å²) in [7, 11) is -2.01. The number of methoxy groups -OCH3 is 1. The number of carbonyl (C=O) groups excluding carboxylic acids is 1. The van der Waals surface area contributed by atoms with Gasteiger partial charge >= 0.3 is 0 Å².